The molecule has 1 rings (SSSR count). The van der Waals surface area contributed by atoms with Crippen molar-refractivity contribution >= 4 is 11.6 Å². The fourth-order valence-electron chi connectivity index (χ4n) is 0.981. The summed E-state index contributed by atoms with van der Waals surface area (Å²) in [6.45, 7) is 2.46. The van der Waals surface area contributed by atoms with Gasteiger partial charge in [0.15, 0.2) is 0 Å². The lowest BCUT2D eigenvalue weighted by molar-refractivity contribution is 0.188. The summed E-state index contributed by atoms with van der Waals surface area (Å²) in [7, 11) is 1.80. The lowest BCUT2D eigenvalue weighted by Crippen LogP contribution is -2.11. The van der Waals surface area contributed by atoms with Crippen molar-refractivity contribution in [3.05, 3.63) is 12.4 Å². The molecule has 1 unspecified atom stereocenters. The summed E-state index contributed by atoms with van der Waals surface area (Å²) in [5, 5.41) is 15.0. The van der Waals surface area contributed by atoms with E-state index in [1.165, 1.54) is 0 Å². The molecule has 0 radical (unpaired) electrons. The zero-order chi connectivity index (χ0) is 10.4. The molecule has 5 heteroatoms. The van der Waals surface area contributed by atoms with Gasteiger partial charge in [-0.3, -0.25) is 4.98 Å². The highest BCUT2D eigenvalue weighted by molar-refractivity contribution is 5.40. The molecule has 0 saturated heterocycles. The monoisotopic (exact) mass is 196 g/mol. The van der Waals surface area contributed by atoms with Crippen LogP contribution in [0.2, 0.25) is 0 Å². The van der Waals surface area contributed by atoms with E-state index in [-0.39, 0.29) is 6.10 Å². The van der Waals surface area contributed by atoms with E-state index in [1.54, 1.807) is 26.4 Å². The molecule has 0 aliphatic carbocycles. The van der Waals surface area contributed by atoms with Crippen molar-refractivity contribution in [2.75, 3.05) is 24.2 Å². The number of anilines is 2. The van der Waals surface area contributed by atoms with Crippen LogP contribution in [0.4, 0.5) is 11.6 Å². The van der Waals surface area contributed by atoms with Crippen molar-refractivity contribution in [2.45, 2.75) is 19.4 Å². The Bertz CT molecular complexity index is 277. The number of hydrogen-bond donors (Lipinski definition) is 3. The van der Waals surface area contributed by atoms with Gasteiger partial charge in [0, 0.05) is 13.6 Å². The summed E-state index contributed by atoms with van der Waals surface area (Å²) < 4.78 is 0. The average molecular weight is 196 g/mol. The maximum Gasteiger partial charge on any atom is 0.146 e. The smallest absolute Gasteiger partial charge is 0.146 e. The van der Waals surface area contributed by atoms with Crippen LogP contribution in [0.15, 0.2) is 12.4 Å². The van der Waals surface area contributed by atoms with Gasteiger partial charge in [-0.15, -0.1) is 0 Å². The Morgan fingerprint density at radius 1 is 1.43 bits per heavy atom. The van der Waals surface area contributed by atoms with E-state index in [4.69, 9.17) is 5.11 Å². The first kappa shape index (κ1) is 10.7. The molecule has 1 aromatic heterocycles. The molecular weight excluding hydrogens is 180 g/mol. The number of nitrogens with zero attached hydrogens (tertiary/aromatic N) is 2. The number of hydrogen-bond acceptors (Lipinski definition) is 5. The van der Waals surface area contributed by atoms with Gasteiger partial charge in [-0.25, -0.2) is 4.98 Å². The molecule has 0 fully saturated rings. The van der Waals surface area contributed by atoms with Gasteiger partial charge in [-0.1, -0.05) is 0 Å². The minimum Gasteiger partial charge on any atom is -0.393 e. The van der Waals surface area contributed by atoms with E-state index < -0.39 is 0 Å². The molecule has 1 aromatic rings. The molecule has 0 amide bonds. The SMILES string of the molecule is CNc1cncc(NCCC(C)O)n1. The summed E-state index contributed by atoms with van der Waals surface area (Å²) in [5.74, 6) is 1.45. The lowest BCUT2D eigenvalue weighted by atomic mass is 10.3. The first-order chi connectivity index (χ1) is 6.72. The van der Waals surface area contributed by atoms with Crippen LogP contribution >= 0.6 is 0 Å². The van der Waals surface area contributed by atoms with Crippen LogP contribution in [0, 0.1) is 0 Å². The van der Waals surface area contributed by atoms with E-state index in [2.05, 4.69) is 20.6 Å². The molecule has 78 valence electrons. The summed E-state index contributed by atoms with van der Waals surface area (Å²) in [5.41, 5.74) is 0. The standard InChI is InChI=1S/C9H16N4O/c1-7(14)3-4-12-9-6-11-5-8(10-2)13-9/h5-7,14H,3-4H2,1-2H3,(H2,10,12,13). The summed E-state index contributed by atoms with van der Waals surface area (Å²) in [6.07, 6.45) is 3.72. The summed E-state index contributed by atoms with van der Waals surface area (Å²) >= 11 is 0. The minimum absolute atomic E-state index is 0.289. The summed E-state index contributed by atoms with van der Waals surface area (Å²) in [6, 6.07) is 0. The second kappa shape index (κ2) is 5.39. The highest BCUT2D eigenvalue weighted by atomic mass is 16.3. The van der Waals surface area contributed by atoms with Crippen LogP contribution in [0.25, 0.3) is 0 Å². The molecule has 0 bridgehead atoms. The Labute approximate surface area is 83.6 Å². The van der Waals surface area contributed by atoms with E-state index in [1.807, 2.05) is 0 Å². The highest BCUT2D eigenvalue weighted by Crippen LogP contribution is 2.05. The van der Waals surface area contributed by atoms with Crippen LogP contribution < -0.4 is 10.6 Å². The van der Waals surface area contributed by atoms with Crippen molar-refractivity contribution in [3.8, 4) is 0 Å². The minimum atomic E-state index is -0.289. The van der Waals surface area contributed by atoms with Gasteiger partial charge in [0.05, 0.1) is 18.5 Å². The Morgan fingerprint density at radius 2 is 2.14 bits per heavy atom. The zero-order valence-electron chi connectivity index (χ0n) is 8.49. The Kier molecular flexibility index (Phi) is 4.12. The Balaban J connectivity index is 2.42. The number of nitrogens with one attached hydrogen (secondary N) is 2. The van der Waals surface area contributed by atoms with Gasteiger partial charge in [-0.2, -0.15) is 0 Å². The van der Waals surface area contributed by atoms with Crippen LogP contribution in [-0.4, -0.2) is 34.8 Å². The first-order valence-corrected chi connectivity index (χ1v) is 4.64. The van der Waals surface area contributed by atoms with Crippen molar-refractivity contribution in [3.63, 3.8) is 0 Å². The Hall–Kier alpha value is -1.36. The lowest BCUT2D eigenvalue weighted by Gasteiger charge is -2.07. The summed E-state index contributed by atoms with van der Waals surface area (Å²) in [4.78, 5) is 8.22. The molecule has 0 aliphatic heterocycles. The number of aliphatic hydroxyl groups is 1. The maximum atomic E-state index is 9.04. The molecule has 14 heavy (non-hydrogen) atoms. The van der Waals surface area contributed by atoms with Gasteiger partial charge in [0.25, 0.3) is 0 Å². The van der Waals surface area contributed by atoms with Crippen LogP contribution in [0.3, 0.4) is 0 Å². The zero-order valence-corrected chi connectivity index (χ0v) is 8.49. The topological polar surface area (TPSA) is 70.1 Å². The molecular formula is C9H16N4O. The predicted molar refractivity (Wildman–Crippen MR) is 56.4 cm³/mol. The second-order valence-electron chi connectivity index (χ2n) is 3.10. The molecule has 0 aliphatic rings. The van der Waals surface area contributed by atoms with Gasteiger partial charge in [-0.05, 0) is 13.3 Å². The van der Waals surface area contributed by atoms with Crippen LogP contribution in [0.5, 0.6) is 0 Å². The molecule has 0 spiro atoms. The average Bonchev–Trinajstić information content (AvgIpc) is 2.18. The Morgan fingerprint density at radius 3 is 2.79 bits per heavy atom. The van der Waals surface area contributed by atoms with E-state index in [9.17, 15) is 0 Å². The van der Waals surface area contributed by atoms with Crippen LogP contribution in [-0.2, 0) is 0 Å². The third-order valence-corrected chi connectivity index (χ3v) is 1.76. The molecule has 5 nitrogen and oxygen atoms in total. The third-order valence-electron chi connectivity index (χ3n) is 1.76. The van der Waals surface area contributed by atoms with Crippen molar-refractivity contribution in [1.82, 2.24) is 9.97 Å². The molecule has 3 N–H and O–H groups in total. The van der Waals surface area contributed by atoms with Crippen molar-refractivity contribution in [2.24, 2.45) is 0 Å². The van der Waals surface area contributed by atoms with Crippen LogP contribution in [0.1, 0.15) is 13.3 Å². The molecule has 1 atom stereocenters. The molecule has 1 heterocycles. The predicted octanol–water partition coefficient (Wildman–Crippen LogP) is 0.701. The largest absolute Gasteiger partial charge is 0.393 e. The van der Waals surface area contributed by atoms with Crippen molar-refractivity contribution in [1.29, 1.82) is 0 Å². The first-order valence-electron chi connectivity index (χ1n) is 4.64. The van der Waals surface area contributed by atoms with Gasteiger partial charge >= 0.3 is 0 Å². The van der Waals surface area contributed by atoms with Crippen molar-refractivity contribution < 1.29 is 5.11 Å². The highest BCUT2D eigenvalue weighted by Gasteiger charge is 1.98. The fraction of sp³-hybridized carbons (Fsp3) is 0.556. The third kappa shape index (κ3) is 3.57. The van der Waals surface area contributed by atoms with Gasteiger partial charge < -0.3 is 15.7 Å². The van der Waals surface area contributed by atoms with Gasteiger partial charge in [0.1, 0.15) is 11.6 Å². The number of aromatic nitrogens is 2. The van der Waals surface area contributed by atoms with Gasteiger partial charge in [0.2, 0.25) is 0 Å². The molecule has 0 saturated carbocycles. The fourth-order valence-corrected chi connectivity index (χ4v) is 0.981. The van der Waals surface area contributed by atoms with E-state index in [0.29, 0.717) is 13.0 Å². The normalized spacial score (nSPS) is 12.2. The molecule has 0 aromatic carbocycles. The van der Waals surface area contributed by atoms with E-state index in [0.717, 1.165) is 11.6 Å². The van der Waals surface area contributed by atoms with E-state index >= 15 is 0 Å². The quantitative estimate of drug-likeness (QED) is 0.646. The second-order valence-corrected chi connectivity index (χ2v) is 3.10. The maximum absolute atomic E-state index is 9.04. The number of rotatable bonds is 5. The number of aliphatic hydroxyl groups excluding tert-OH is 1.